The number of amides is 2. The zero-order valence-corrected chi connectivity index (χ0v) is 25.2. The summed E-state index contributed by atoms with van der Waals surface area (Å²) in [5, 5.41) is 11.2. The maximum Gasteiger partial charge on any atom is 0.238 e. The molecule has 1 aliphatic heterocycles. The number of methoxy groups -OCH3 is 2. The Balaban J connectivity index is 1.53. The fourth-order valence-corrected chi connectivity index (χ4v) is 7.35. The lowest BCUT2D eigenvalue weighted by Crippen LogP contribution is -2.39. The summed E-state index contributed by atoms with van der Waals surface area (Å²) >= 11 is 5.39. The number of hydrogen-bond acceptors (Lipinski definition) is 7. The first kappa shape index (κ1) is 26.9. The van der Waals surface area contributed by atoms with Crippen molar-refractivity contribution in [3.05, 3.63) is 78.9 Å². The second-order valence-corrected chi connectivity index (χ2v) is 12.2. The van der Waals surface area contributed by atoms with Crippen molar-refractivity contribution in [1.29, 1.82) is 0 Å². The lowest BCUT2D eigenvalue weighted by atomic mass is 9.59. The topological polar surface area (TPSA) is 110 Å². The molecule has 4 atom stereocenters. The van der Waals surface area contributed by atoms with E-state index in [2.05, 4.69) is 38.5 Å². The highest BCUT2D eigenvalue weighted by Gasteiger charge is 2.57. The monoisotopic (exact) mass is 715 g/mol. The van der Waals surface area contributed by atoms with Gasteiger partial charge in [0.25, 0.3) is 0 Å². The molecule has 1 heterocycles. The van der Waals surface area contributed by atoms with Crippen LogP contribution in [0.4, 0.5) is 5.69 Å². The van der Waals surface area contributed by atoms with Gasteiger partial charge in [0, 0.05) is 44.4 Å². The summed E-state index contributed by atoms with van der Waals surface area (Å²) in [6.45, 7) is 0. The number of benzene rings is 2. The predicted octanol–water partition coefficient (Wildman–Crippen LogP) is 4.98. The number of phenols is 1. The third-order valence-electron chi connectivity index (χ3n) is 8.25. The summed E-state index contributed by atoms with van der Waals surface area (Å²) in [6.07, 6.45) is 3.57. The van der Waals surface area contributed by atoms with Crippen LogP contribution in [0.5, 0.6) is 17.2 Å². The highest BCUT2D eigenvalue weighted by atomic mass is 127. The summed E-state index contributed by atoms with van der Waals surface area (Å²) < 4.78 is 12.0. The van der Waals surface area contributed by atoms with Crippen LogP contribution in [0.15, 0.2) is 69.8 Å². The Hall–Kier alpha value is -3.25. The summed E-state index contributed by atoms with van der Waals surface area (Å²) in [4.78, 5) is 55.7. The normalized spacial score (nSPS) is 25.8. The molecule has 204 valence electrons. The van der Waals surface area contributed by atoms with Crippen molar-refractivity contribution < 1.29 is 33.8 Å². The lowest BCUT2D eigenvalue weighted by Gasteiger charge is -2.42. The number of carbonyl (C=O) groups excluding carboxylic acids is 4. The molecule has 0 aromatic heterocycles. The Morgan fingerprint density at radius 1 is 1.00 bits per heavy atom. The van der Waals surface area contributed by atoms with E-state index in [1.807, 2.05) is 18.2 Å². The minimum atomic E-state index is -0.848. The Kier molecular flexibility index (Phi) is 6.73. The number of ketones is 2. The number of halogens is 2. The molecule has 2 aromatic carbocycles. The van der Waals surface area contributed by atoms with E-state index >= 15 is 0 Å². The Bertz CT molecular complexity index is 1610. The summed E-state index contributed by atoms with van der Waals surface area (Å²) in [6, 6.07) is 10.2. The quantitative estimate of drug-likeness (QED) is 0.206. The van der Waals surface area contributed by atoms with Crippen LogP contribution in [-0.2, 0) is 19.2 Å². The number of rotatable bonds is 4. The number of phenolic OH excluding ortho intramolecular Hbond substituents is 1. The molecule has 10 heteroatoms. The van der Waals surface area contributed by atoms with E-state index in [1.165, 1.54) is 31.3 Å². The van der Waals surface area contributed by atoms with Gasteiger partial charge in [0.1, 0.15) is 17.2 Å². The Morgan fingerprint density at radius 3 is 2.40 bits per heavy atom. The van der Waals surface area contributed by atoms with E-state index in [9.17, 15) is 24.3 Å². The molecule has 2 amide bonds. The fraction of sp³-hybridized carbons (Fsp3) is 0.267. The van der Waals surface area contributed by atoms with Crippen LogP contribution >= 0.6 is 38.5 Å². The summed E-state index contributed by atoms with van der Waals surface area (Å²) in [5.74, 6) is -3.54. The molecular formula is C30H23BrINO7. The number of imide groups is 1. The first-order valence-electron chi connectivity index (χ1n) is 12.6. The van der Waals surface area contributed by atoms with Crippen molar-refractivity contribution in [1.82, 2.24) is 0 Å². The molecule has 0 unspecified atom stereocenters. The number of nitrogens with zero attached hydrogens (tertiary/aromatic N) is 1. The molecule has 0 saturated carbocycles. The number of aromatic hydroxyl groups is 1. The van der Waals surface area contributed by atoms with Crippen molar-refractivity contribution in [2.45, 2.75) is 18.8 Å². The van der Waals surface area contributed by atoms with Crippen molar-refractivity contribution >= 4 is 67.6 Å². The maximum absolute atomic E-state index is 14.0. The first-order chi connectivity index (χ1) is 19.2. The molecule has 0 radical (unpaired) electrons. The molecule has 1 fully saturated rings. The third-order valence-corrected chi connectivity index (χ3v) is 9.56. The Labute approximate surface area is 252 Å². The molecule has 6 rings (SSSR count). The van der Waals surface area contributed by atoms with Gasteiger partial charge < -0.3 is 14.6 Å². The number of allylic oxidation sites excluding steroid dienone is 6. The van der Waals surface area contributed by atoms with Gasteiger partial charge in [0.15, 0.2) is 11.6 Å². The molecule has 40 heavy (non-hydrogen) atoms. The molecule has 1 N–H and O–H groups in total. The third kappa shape index (κ3) is 3.98. The number of ether oxygens (including phenoxy) is 2. The van der Waals surface area contributed by atoms with Crippen molar-refractivity contribution in [3.8, 4) is 17.2 Å². The molecule has 1 saturated heterocycles. The van der Waals surface area contributed by atoms with Crippen LogP contribution in [0.2, 0.25) is 0 Å². The highest BCUT2D eigenvalue weighted by Crippen LogP contribution is 2.58. The van der Waals surface area contributed by atoms with Gasteiger partial charge >= 0.3 is 0 Å². The standard InChI is InChI=1S/C30H23BrINO7/c1-39-15-9-21(34)27(23(10-15)40-2)26-16-7-8-17-24(18(16)11-19-25(26)22(35)12-20(31)28(19)36)30(38)33(29(17)37)14-5-3-13(32)4-6-14/h3-7,9-10,12,17-18,24,26,34H,8,11H2,1-2H3/t17-,18+,24-,26-/m0/s1. The van der Waals surface area contributed by atoms with Crippen LogP contribution in [0, 0.1) is 21.3 Å². The number of carbonyl (C=O) groups is 4. The maximum atomic E-state index is 14.0. The number of anilines is 1. The molecule has 8 nitrogen and oxygen atoms in total. The van der Waals surface area contributed by atoms with Gasteiger partial charge in [0.05, 0.1) is 36.2 Å². The molecule has 4 aliphatic rings. The van der Waals surface area contributed by atoms with Gasteiger partial charge in [-0.1, -0.05) is 11.6 Å². The highest BCUT2D eigenvalue weighted by molar-refractivity contribution is 14.1. The van der Waals surface area contributed by atoms with Crippen LogP contribution in [0.25, 0.3) is 0 Å². The van der Waals surface area contributed by atoms with Crippen molar-refractivity contribution in [2.24, 2.45) is 17.8 Å². The van der Waals surface area contributed by atoms with Crippen molar-refractivity contribution in [3.63, 3.8) is 0 Å². The van der Waals surface area contributed by atoms with Crippen molar-refractivity contribution in [2.75, 3.05) is 19.1 Å². The molecule has 3 aliphatic carbocycles. The number of hydrogen-bond donors (Lipinski definition) is 1. The van der Waals surface area contributed by atoms with Crippen LogP contribution in [-0.4, -0.2) is 42.7 Å². The minimum Gasteiger partial charge on any atom is -0.507 e. The number of fused-ring (bicyclic) bond motifs is 3. The van der Waals surface area contributed by atoms with Gasteiger partial charge in [-0.15, -0.1) is 0 Å². The zero-order chi connectivity index (χ0) is 28.5. The molecule has 2 aromatic rings. The molecule has 0 spiro atoms. The SMILES string of the molecule is COc1cc(O)c([C@H]2C3=CC[C@@H]4C(=O)N(c5ccc(I)cc5)C(=O)[C@@H]4[C@@H]3CC3=C2C(=O)C=C(Br)C3=O)c(OC)c1. The molecular weight excluding hydrogens is 693 g/mol. The van der Waals surface area contributed by atoms with E-state index in [4.69, 9.17) is 9.47 Å². The van der Waals surface area contributed by atoms with Crippen LogP contribution in [0.3, 0.4) is 0 Å². The average Bonchev–Trinajstić information content (AvgIpc) is 3.20. The van der Waals surface area contributed by atoms with Gasteiger partial charge in [-0.2, -0.15) is 0 Å². The van der Waals surface area contributed by atoms with Crippen LogP contribution in [0.1, 0.15) is 24.3 Å². The van der Waals surface area contributed by atoms with Gasteiger partial charge in [-0.3, -0.25) is 24.1 Å². The molecule has 0 bridgehead atoms. The number of Topliss-reactive ketones (excluding diaryl/α,β-unsaturated/α-hetero) is 1. The van der Waals surface area contributed by atoms with E-state index in [0.29, 0.717) is 23.4 Å². The van der Waals surface area contributed by atoms with E-state index in [1.54, 1.807) is 18.2 Å². The van der Waals surface area contributed by atoms with E-state index in [0.717, 1.165) is 9.14 Å². The van der Waals surface area contributed by atoms with E-state index in [-0.39, 0.29) is 56.9 Å². The minimum absolute atomic E-state index is 0.130. The smallest absolute Gasteiger partial charge is 0.238 e. The second kappa shape index (κ2) is 9.99. The Morgan fingerprint density at radius 2 is 1.73 bits per heavy atom. The lowest BCUT2D eigenvalue weighted by molar-refractivity contribution is -0.123. The summed E-state index contributed by atoms with van der Waals surface area (Å²) in [7, 11) is 2.91. The van der Waals surface area contributed by atoms with E-state index < -0.39 is 23.7 Å². The average molecular weight is 716 g/mol. The largest absolute Gasteiger partial charge is 0.507 e. The van der Waals surface area contributed by atoms with Crippen LogP contribution < -0.4 is 14.4 Å². The van der Waals surface area contributed by atoms with Gasteiger partial charge in [-0.25, -0.2) is 0 Å². The summed E-state index contributed by atoms with van der Waals surface area (Å²) in [5.41, 5.74) is 2.06. The van der Waals surface area contributed by atoms with Gasteiger partial charge in [-0.05, 0) is 81.5 Å². The first-order valence-corrected chi connectivity index (χ1v) is 14.5. The zero-order valence-electron chi connectivity index (χ0n) is 21.4. The predicted molar refractivity (Wildman–Crippen MR) is 157 cm³/mol. The fourth-order valence-electron chi connectivity index (χ4n) is 6.55. The second-order valence-electron chi connectivity index (χ2n) is 10.1. The van der Waals surface area contributed by atoms with Gasteiger partial charge in [0.2, 0.25) is 11.8 Å².